The fourth-order valence-corrected chi connectivity index (χ4v) is 4.03. The van der Waals surface area contributed by atoms with Gasteiger partial charge in [0.05, 0.1) is 12.1 Å². The number of aryl methyl sites for hydroxylation is 1. The van der Waals surface area contributed by atoms with Crippen LogP contribution in [0.2, 0.25) is 0 Å². The average Bonchev–Trinajstić information content (AvgIpc) is 3.32. The van der Waals surface area contributed by atoms with Crippen molar-refractivity contribution in [3.63, 3.8) is 0 Å². The summed E-state index contributed by atoms with van der Waals surface area (Å²) in [4.78, 5) is 27.0. The topological polar surface area (TPSA) is 72.8 Å². The number of carbonyl (C=O) groups is 1. The van der Waals surface area contributed by atoms with Crippen molar-refractivity contribution in [3.05, 3.63) is 70.5 Å². The smallest absolute Gasteiger partial charge is 0.317 e. The summed E-state index contributed by atoms with van der Waals surface area (Å²) in [7, 11) is 1.74. The first-order chi connectivity index (χ1) is 14.0. The number of rotatable bonds is 2. The van der Waals surface area contributed by atoms with Gasteiger partial charge in [-0.2, -0.15) is 0 Å². The lowest BCUT2D eigenvalue weighted by molar-refractivity contribution is -0.0650. The van der Waals surface area contributed by atoms with Gasteiger partial charge >= 0.3 is 6.03 Å². The van der Waals surface area contributed by atoms with Crippen LogP contribution in [0.5, 0.6) is 11.5 Å². The number of nitrogens with one attached hydrogen (secondary N) is 1. The number of carbonyl (C=O) groups excluding carboxylic acids is 1. The van der Waals surface area contributed by atoms with Gasteiger partial charge in [-0.05, 0) is 29.7 Å². The second kappa shape index (κ2) is 6.55. The highest BCUT2D eigenvalue weighted by Gasteiger charge is 2.48. The van der Waals surface area contributed by atoms with E-state index in [-0.39, 0.29) is 18.1 Å². The number of hydrogen-bond acceptors (Lipinski definition) is 4. The second-order valence-electron chi connectivity index (χ2n) is 7.48. The van der Waals surface area contributed by atoms with E-state index < -0.39 is 5.79 Å². The van der Waals surface area contributed by atoms with E-state index in [0.717, 1.165) is 10.9 Å². The minimum atomic E-state index is -0.819. The van der Waals surface area contributed by atoms with Gasteiger partial charge in [0.2, 0.25) is 0 Å². The standard InChI is InChI=1S/C22H21N3O4/c1-24-17-7-3-2-6-15(17)12-16(20(24)26)13-23-21(27)25-11-10-22(14-25)28-18-8-4-5-9-19(18)29-22/h2-9,12H,10-11,13-14H2,1H3,(H,23,27). The van der Waals surface area contributed by atoms with Crippen LogP contribution >= 0.6 is 0 Å². The molecule has 1 spiro atoms. The van der Waals surface area contributed by atoms with Crippen molar-refractivity contribution >= 4 is 16.9 Å². The number of aromatic nitrogens is 1. The zero-order valence-electron chi connectivity index (χ0n) is 16.1. The first-order valence-corrected chi connectivity index (χ1v) is 9.62. The number of amides is 2. The molecule has 0 saturated carbocycles. The van der Waals surface area contributed by atoms with Gasteiger partial charge in [-0.15, -0.1) is 0 Å². The summed E-state index contributed by atoms with van der Waals surface area (Å²) >= 11 is 0. The molecule has 0 atom stereocenters. The molecule has 0 aliphatic carbocycles. The summed E-state index contributed by atoms with van der Waals surface area (Å²) in [6.07, 6.45) is 0.590. The van der Waals surface area contributed by atoms with E-state index in [4.69, 9.17) is 9.47 Å². The third-order valence-corrected chi connectivity index (χ3v) is 5.56. The molecular weight excluding hydrogens is 370 g/mol. The van der Waals surface area contributed by atoms with Crippen LogP contribution in [0.15, 0.2) is 59.4 Å². The number of likely N-dealkylation sites (tertiary alicyclic amines) is 1. The normalized spacial score (nSPS) is 16.5. The summed E-state index contributed by atoms with van der Waals surface area (Å²) < 4.78 is 13.6. The summed E-state index contributed by atoms with van der Waals surface area (Å²) in [5.74, 6) is 0.587. The Hall–Kier alpha value is -3.48. The fraction of sp³-hybridized carbons (Fsp3) is 0.273. The van der Waals surface area contributed by atoms with E-state index in [0.29, 0.717) is 36.6 Å². The van der Waals surface area contributed by atoms with Crippen molar-refractivity contribution in [2.75, 3.05) is 13.1 Å². The van der Waals surface area contributed by atoms with E-state index >= 15 is 0 Å². The molecule has 1 fully saturated rings. The average molecular weight is 391 g/mol. The molecule has 0 unspecified atom stereocenters. The van der Waals surface area contributed by atoms with E-state index in [2.05, 4.69) is 5.32 Å². The lowest BCUT2D eigenvalue weighted by Gasteiger charge is -2.23. The Bertz CT molecular complexity index is 1150. The van der Waals surface area contributed by atoms with Gasteiger partial charge in [0.15, 0.2) is 11.5 Å². The van der Waals surface area contributed by atoms with Crippen molar-refractivity contribution in [3.8, 4) is 11.5 Å². The molecule has 0 bridgehead atoms. The quantitative estimate of drug-likeness (QED) is 0.729. The largest absolute Gasteiger partial charge is 0.447 e. The zero-order valence-corrected chi connectivity index (χ0v) is 16.1. The third-order valence-electron chi connectivity index (χ3n) is 5.56. The van der Waals surface area contributed by atoms with Crippen LogP contribution in [0.1, 0.15) is 12.0 Å². The third kappa shape index (κ3) is 2.99. The lowest BCUT2D eigenvalue weighted by Crippen LogP contribution is -2.45. The molecular formula is C22H21N3O4. The Kier molecular flexibility index (Phi) is 3.97. The predicted molar refractivity (Wildman–Crippen MR) is 108 cm³/mol. The molecule has 7 nitrogen and oxygen atoms in total. The molecule has 148 valence electrons. The molecule has 2 aliphatic heterocycles. The van der Waals surface area contributed by atoms with Gasteiger partial charge in [0.25, 0.3) is 11.3 Å². The fourth-order valence-electron chi connectivity index (χ4n) is 4.03. The minimum absolute atomic E-state index is 0.111. The Morgan fingerprint density at radius 2 is 1.79 bits per heavy atom. The van der Waals surface area contributed by atoms with Crippen molar-refractivity contribution in [1.82, 2.24) is 14.8 Å². The van der Waals surface area contributed by atoms with Crippen molar-refractivity contribution < 1.29 is 14.3 Å². The molecule has 2 amide bonds. The van der Waals surface area contributed by atoms with Crippen molar-refractivity contribution in [1.29, 1.82) is 0 Å². The maximum atomic E-state index is 12.7. The van der Waals surface area contributed by atoms with Crippen LogP contribution in [0.4, 0.5) is 4.79 Å². The summed E-state index contributed by atoms with van der Waals surface area (Å²) in [6.45, 7) is 1.03. The van der Waals surface area contributed by atoms with Gasteiger partial charge in [-0.25, -0.2) is 4.79 Å². The van der Waals surface area contributed by atoms with Crippen LogP contribution in [-0.4, -0.2) is 34.4 Å². The van der Waals surface area contributed by atoms with E-state index in [9.17, 15) is 9.59 Å². The summed E-state index contributed by atoms with van der Waals surface area (Å²) in [5, 5.41) is 3.83. The molecule has 2 aliphatic rings. The van der Waals surface area contributed by atoms with E-state index in [1.165, 1.54) is 0 Å². The first-order valence-electron chi connectivity index (χ1n) is 9.62. The maximum absolute atomic E-state index is 12.7. The first kappa shape index (κ1) is 17.6. The minimum Gasteiger partial charge on any atom is -0.447 e. The molecule has 1 saturated heterocycles. The van der Waals surface area contributed by atoms with Gasteiger partial charge in [-0.1, -0.05) is 30.3 Å². The molecule has 3 aromatic rings. The predicted octanol–water partition coefficient (Wildman–Crippen LogP) is 2.62. The van der Waals surface area contributed by atoms with Crippen LogP contribution in [0.25, 0.3) is 10.9 Å². The lowest BCUT2D eigenvalue weighted by atomic mass is 10.1. The summed E-state index contributed by atoms with van der Waals surface area (Å²) in [5.41, 5.74) is 1.30. The summed E-state index contributed by atoms with van der Waals surface area (Å²) in [6, 6.07) is 16.8. The van der Waals surface area contributed by atoms with E-state index in [1.54, 1.807) is 16.5 Å². The Morgan fingerprint density at radius 3 is 2.55 bits per heavy atom. The van der Waals surface area contributed by atoms with Gasteiger partial charge < -0.3 is 24.3 Å². The van der Waals surface area contributed by atoms with Gasteiger partial charge in [0, 0.05) is 32.1 Å². The highest BCUT2D eigenvalue weighted by molar-refractivity contribution is 5.80. The van der Waals surface area contributed by atoms with Crippen molar-refractivity contribution in [2.24, 2.45) is 7.05 Å². The second-order valence-corrected chi connectivity index (χ2v) is 7.48. The number of benzene rings is 2. The SMILES string of the molecule is Cn1c(=O)c(CNC(=O)N2CCC3(C2)Oc2ccccc2O3)cc2ccccc21. The number of pyridine rings is 1. The monoisotopic (exact) mass is 391 g/mol. The van der Waals surface area contributed by atoms with E-state index in [1.807, 2.05) is 54.6 Å². The number of hydrogen-bond donors (Lipinski definition) is 1. The van der Waals surface area contributed by atoms with Crippen LogP contribution in [0.3, 0.4) is 0 Å². The van der Waals surface area contributed by atoms with Crippen LogP contribution in [0, 0.1) is 0 Å². The Morgan fingerprint density at radius 1 is 1.10 bits per heavy atom. The number of ether oxygens (including phenoxy) is 2. The molecule has 2 aromatic carbocycles. The van der Waals surface area contributed by atoms with Crippen molar-refractivity contribution in [2.45, 2.75) is 18.8 Å². The maximum Gasteiger partial charge on any atom is 0.317 e. The Labute approximate surface area is 167 Å². The molecule has 29 heavy (non-hydrogen) atoms. The highest BCUT2D eigenvalue weighted by Crippen LogP contribution is 2.42. The number of fused-ring (bicyclic) bond motifs is 2. The van der Waals surface area contributed by atoms with Crippen LogP contribution in [-0.2, 0) is 13.6 Å². The molecule has 3 heterocycles. The van der Waals surface area contributed by atoms with Crippen LogP contribution < -0.4 is 20.3 Å². The number of nitrogens with zero attached hydrogens (tertiary/aromatic N) is 2. The zero-order chi connectivity index (χ0) is 20.0. The molecule has 1 N–H and O–H groups in total. The highest BCUT2D eigenvalue weighted by atomic mass is 16.7. The van der Waals surface area contributed by atoms with Gasteiger partial charge in [0.1, 0.15) is 0 Å². The van der Waals surface area contributed by atoms with Gasteiger partial charge in [-0.3, -0.25) is 4.79 Å². The molecule has 5 rings (SSSR count). The Balaban J connectivity index is 1.27. The molecule has 7 heteroatoms. The molecule has 1 aromatic heterocycles. The number of para-hydroxylation sites is 3. The molecule has 0 radical (unpaired) electrons. The number of urea groups is 1.